The van der Waals surface area contributed by atoms with Gasteiger partial charge in [-0.1, -0.05) is 12.1 Å². The van der Waals surface area contributed by atoms with Crippen molar-refractivity contribution < 1.29 is 22.7 Å². The van der Waals surface area contributed by atoms with Crippen molar-refractivity contribution in [1.29, 1.82) is 5.26 Å². The first-order valence-electron chi connectivity index (χ1n) is 7.08. The van der Waals surface area contributed by atoms with Crippen molar-refractivity contribution in [2.45, 2.75) is 6.18 Å². The van der Waals surface area contributed by atoms with Crippen LogP contribution < -0.4 is 5.43 Å². The summed E-state index contributed by atoms with van der Waals surface area (Å²) in [5.41, 5.74) is 2.03. The van der Waals surface area contributed by atoms with Crippen molar-refractivity contribution in [3.8, 4) is 17.3 Å². The van der Waals surface area contributed by atoms with Crippen molar-refractivity contribution in [1.82, 2.24) is 9.99 Å². The molecule has 0 atom stereocenters. The minimum Gasteiger partial charge on any atom is -0.442 e. The third kappa shape index (κ3) is 3.06. The van der Waals surface area contributed by atoms with Crippen LogP contribution in [0.1, 0.15) is 16.8 Å². The molecule has 0 spiro atoms. The number of hydrogen-bond acceptors (Lipinski definition) is 4. The van der Waals surface area contributed by atoms with Crippen LogP contribution in [0.3, 0.4) is 0 Å². The molecule has 9 heteroatoms. The summed E-state index contributed by atoms with van der Waals surface area (Å²) in [7, 11) is 1.52. The van der Waals surface area contributed by atoms with Crippen LogP contribution in [0.25, 0.3) is 11.3 Å². The molecule has 0 unspecified atom stereocenters. The summed E-state index contributed by atoms with van der Waals surface area (Å²) in [6.45, 7) is -0.217. The Labute approximate surface area is 140 Å². The number of benzene rings is 1. The van der Waals surface area contributed by atoms with E-state index < -0.39 is 17.8 Å². The normalized spacial score (nSPS) is 14.4. The maximum Gasteiger partial charge on any atom is 0.428 e. The number of nitrogens with one attached hydrogen (secondary N) is 1. The molecule has 1 N–H and O–H groups in total. The first-order valence-corrected chi connectivity index (χ1v) is 7.08. The first-order chi connectivity index (χ1) is 11.8. The molecule has 1 aromatic carbocycles. The van der Waals surface area contributed by atoms with Crippen LogP contribution in [0.4, 0.5) is 18.0 Å². The lowest BCUT2D eigenvalue weighted by Gasteiger charge is -2.17. The molecule has 2 heterocycles. The summed E-state index contributed by atoms with van der Waals surface area (Å²) in [6, 6.07) is 8.56. The van der Waals surface area contributed by atoms with Crippen LogP contribution in [0.5, 0.6) is 0 Å². The summed E-state index contributed by atoms with van der Waals surface area (Å²) in [4.78, 5) is 10.9. The molecular weight excluding hydrogens is 337 g/mol. The highest BCUT2D eigenvalue weighted by Gasteiger charge is 2.35. The number of halogens is 3. The Morgan fingerprint density at radius 3 is 2.64 bits per heavy atom. The Balaban J connectivity index is 2.13. The second-order valence-electron chi connectivity index (χ2n) is 5.28. The Bertz CT molecular complexity index is 922. The van der Waals surface area contributed by atoms with Crippen molar-refractivity contribution in [3.63, 3.8) is 0 Å². The third-order valence-electron chi connectivity index (χ3n) is 3.79. The fraction of sp³-hybridized carbons (Fsp3) is 0.188. The number of nitrogens with zero attached hydrogens (tertiary/aromatic N) is 3. The molecule has 1 aliphatic heterocycles. The van der Waals surface area contributed by atoms with E-state index in [0.717, 1.165) is 6.07 Å². The average molecular weight is 348 g/mol. The fourth-order valence-electron chi connectivity index (χ4n) is 2.54. The minimum absolute atomic E-state index is 0.0541. The fourth-order valence-corrected chi connectivity index (χ4v) is 2.54. The maximum atomic E-state index is 13.5. The first kappa shape index (κ1) is 16.6. The van der Waals surface area contributed by atoms with Gasteiger partial charge in [0, 0.05) is 23.9 Å². The lowest BCUT2D eigenvalue weighted by Crippen LogP contribution is -2.30. The third-order valence-corrected chi connectivity index (χ3v) is 3.79. The second kappa shape index (κ2) is 5.98. The molecule has 0 aliphatic carbocycles. The zero-order valence-electron chi connectivity index (χ0n) is 12.9. The smallest absolute Gasteiger partial charge is 0.428 e. The van der Waals surface area contributed by atoms with Crippen LogP contribution in [-0.4, -0.2) is 23.0 Å². The molecule has 2 aromatic rings. The number of carbonyl (C=O) groups is 1. The predicted octanol–water partition coefficient (Wildman–Crippen LogP) is 3.03. The highest BCUT2D eigenvalue weighted by molar-refractivity contribution is 6.04. The largest absolute Gasteiger partial charge is 0.442 e. The maximum absolute atomic E-state index is 13.5. The van der Waals surface area contributed by atoms with E-state index in [0.29, 0.717) is 0 Å². The lowest BCUT2D eigenvalue weighted by atomic mass is 9.98. The molecule has 0 saturated carbocycles. The molecule has 128 valence electrons. The van der Waals surface area contributed by atoms with Crippen LogP contribution in [0.15, 0.2) is 35.4 Å². The van der Waals surface area contributed by atoms with Gasteiger partial charge in [-0.2, -0.15) is 23.5 Å². The van der Waals surface area contributed by atoms with Gasteiger partial charge in [-0.3, -0.25) is 0 Å². The standard InChI is InChI=1S/C16H11F3N4O2/c1-23-10(7-20)3-5-14(23)11-4-2-9(6-12(11)16(17,18)19)13-8-25-15(24)22-21-13/h2-6H,8H2,1H3,(H,22,24). The molecule has 1 amide bonds. The molecule has 0 radical (unpaired) electrons. The van der Waals surface area contributed by atoms with Crippen LogP contribution in [0, 0.1) is 11.3 Å². The van der Waals surface area contributed by atoms with E-state index in [-0.39, 0.29) is 34.8 Å². The van der Waals surface area contributed by atoms with Crippen LogP contribution in [0.2, 0.25) is 0 Å². The Morgan fingerprint density at radius 1 is 1.32 bits per heavy atom. The van der Waals surface area contributed by atoms with Gasteiger partial charge in [0.2, 0.25) is 0 Å². The van der Waals surface area contributed by atoms with E-state index in [4.69, 9.17) is 10.00 Å². The lowest BCUT2D eigenvalue weighted by molar-refractivity contribution is -0.137. The number of cyclic esters (lactones) is 1. The Morgan fingerprint density at radius 2 is 2.08 bits per heavy atom. The molecule has 0 bridgehead atoms. The van der Waals surface area contributed by atoms with Crippen molar-refractivity contribution in [2.24, 2.45) is 12.1 Å². The highest BCUT2D eigenvalue weighted by Crippen LogP contribution is 2.38. The van der Waals surface area contributed by atoms with Crippen LogP contribution >= 0.6 is 0 Å². The monoisotopic (exact) mass is 348 g/mol. The summed E-state index contributed by atoms with van der Waals surface area (Å²) in [5, 5.41) is 12.7. The number of carbonyl (C=O) groups excluding carboxylic acids is 1. The number of amides is 1. The molecular formula is C16H11F3N4O2. The number of hydrogen-bond donors (Lipinski definition) is 1. The molecule has 1 aliphatic rings. The van der Waals surface area contributed by atoms with Gasteiger partial charge >= 0.3 is 12.3 Å². The van der Waals surface area contributed by atoms with Crippen molar-refractivity contribution in [2.75, 3.05) is 6.61 Å². The molecule has 1 aromatic heterocycles. The summed E-state index contributed by atoms with van der Waals surface area (Å²) < 4.78 is 46.8. The molecule has 0 saturated heterocycles. The van der Waals surface area contributed by atoms with E-state index in [1.54, 1.807) is 0 Å². The quantitative estimate of drug-likeness (QED) is 0.906. The van der Waals surface area contributed by atoms with Crippen molar-refractivity contribution in [3.05, 3.63) is 47.2 Å². The number of aromatic nitrogens is 1. The highest BCUT2D eigenvalue weighted by atomic mass is 19.4. The topological polar surface area (TPSA) is 79.4 Å². The molecule has 3 rings (SSSR count). The number of hydrazone groups is 1. The van der Waals surface area contributed by atoms with Gasteiger partial charge in [0.25, 0.3) is 0 Å². The van der Waals surface area contributed by atoms with E-state index in [9.17, 15) is 18.0 Å². The predicted molar refractivity (Wildman–Crippen MR) is 81.6 cm³/mol. The SMILES string of the molecule is Cn1c(C#N)ccc1-c1ccc(C2=NNC(=O)OC2)cc1C(F)(F)F. The Kier molecular flexibility index (Phi) is 3.96. The summed E-state index contributed by atoms with van der Waals surface area (Å²) in [6.07, 6.45) is -5.37. The Hall–Kier alpha value is -3.28. The minimum atomic E-state index is -4.61. The van der Waals surface area contributed by atoms with E-state index in [1.165, 1.54) is 35.9 Å². The van der Waals surface area contributed by atoms with E-state index in [2.05, 4.69) is 10.5 Å². The number of nitriles is 1. The zero-order chi connectivity index (χ0) is 18.2. The molecule has 25 heavy (non-hydrogen) atoms. The van der Waals surface area contributed by atoms with Gasteiger partial charge in [0.05, 0.1) is 5.56 Å². The van der Waals surface area contributed by atoms with Gasteiger partial charge in [-0.15, -0.1) is 0 Å². The van der Waals surface area contributed by atoms with Gasteiger partial charge in [-0.05, 0) is 18.2 Å². The van der Waals surface area contributed by atoms with Gasteiger partial charge in [-0.25, -0.2) is 10.2 Å². The number of rotatable bonds is 2. The molecule has 0 fully saturated rings. The second-order valence-corrected chi connectivity index (χ2v) is 5.28. The van der Waals surface area contributed by atoms with Crippen LogP contribution in [-0.2, 0) is 18.0 Å². The summed E-state index contributed by atoms with van der Waals surface area (Å²) >= 11 is 0. The van der Waals surface area contributed by atoms with E-state index in [1.807, 2.05) is 6.07 Å². The average Bonchev–Trinajstić information content (AvgIpc) is 2.95. The van der Waals surface area contributed by atoms with E-state index >= 15 is 0 Å². The van der Waals surface area contributed by atoms with Gasteiger partial charge < -0.3 is 9.30 Å². The molecule has 6 nitrogen and oxygen atoms in total. The zero-order valence-corrected chi connectivity index (χ0v) is 12.9. The summed E-state index contributed by atoms with van der Waals surface area (Å²) in [5.74, 6) is 0. The van der Waals surface area contributed by atoms with Crippen molar-refractivity contribution >= 4 is 11.8 Å². The number of alkyl halides is 3. The van der Waals surface area contributed by atoms with Gasteiger partial charge in [0.1, 0.15) is 24.1 Å². The number of ether oxygens (including phenoxy) is 1. The van der Waals surface area contributed by atoms with Gasteiger partial charge in [0.15, 0.2) is 0 Å².